The molecular weight excluding hydrogens is 590 g/mol. The predicted octanol–water partition coefficient (Wildman–Crippen LogP) is 5.86. The summed E-state index contributed by atoms with van der Waals surface area (Å²) in [6.45, 7) is 9.00. The highest BCUT2D eigenvalue weighted by molar-refractivity contribution is 7.98. The fourth-order valence-corrected chi connectivity index (χ4v) is 6.26. The summed E-state index contributed by atoms with van der Waals surface area (Å²) < 4.78 is 48.4. The van der Waals surface area contributed by atoms with Crippen LogP contribution in [0, 0.1) is 5.82 Å². The van der Waals surface area contributed by atoms with Gasteiger partial charge in [0.25, 0.3) is 10.0 Å². The number of hydrogen-bond acceptors (Lipinski definition) is 6. The van der Waals surface area contributed by atoms with Crippen molar-refractivity contribution in [3.63, 3.8) is 0 Å². The summed E-state index contributed by atoms with van der Waals surface area (Å²) in [5.41, 5.74) is 0.301. The predicted molar refractivity (Wildman–Crippen MR) is 169 cm³/mol. The van der Waals surface area contributed by atoms with Gasteiger partial charge in [-0.3, -0.25) is 13.9 Å². The van der Waals surface area contributed by atoms with Gasteiger partial charge in [0, 0.05) is 17.0 Å². The number of anilines is 1. The van der Waals surface area contributed by atoms with E-state index in [1.54, 1.807) is 43.3 Å². The number of hydrogen-bond donors (Lipinski definition) is 1. The van der Waals surface area contributed by atoms with E-state index in [1.807, 2.05) is 34.0 Å². The number of ether oxygens (including phenoxy) is 1. The molecule has 0 fully saturated rings. The molecule has 0 bridgehead atoms. The summed E-state index contributed by atoms with van der Waals surface area (Å²) in [7, 11) is -4.21. The Balaban J connectivity index is 2.07. The van der Waals surface area contributed by atoms with Gasteiger partial charge in [0.15, 0.2) is 0 Å². The van der Waals surface area contributed by atoms with E-state index in [1.165, 1.54) is 53.1 Å². The van der Waals surface area contributed by atoms with Gasteiger partial charge in [0.05, 0.1) is 17.2 Å². The zero-order valence-electron chi connectivity index (χ0n) is 25.5. The molecule has 0 heterocycles. The number of benzene rings is 3. The molecule has 1 N–H and O–H groups in total. The first-order valence-electron chi connectivity index (χ1n) is 14.0. The Kier molecular flexibility index (Phi) is 11.6. The Morgan fingerprint density at radius 1 is 0.953 bits per heavy atom. The van der Waals surface area contributed by atoms with Crippen LogP contribution in [-0.2, 0) is 26.2 Å². The van der Waals surface area contributed by atoms with Crippen LogP contribution in [0.15, 0.2) is 82.6 Å². The molecule has 3 aromatic rings. The first-order valence-corrected chi connectivity index (χ1v) is 16.7. The number of sulfonamides is 1. The van der Waals surface area contributed by atoms with Crippen molar-refractivity contribution in [2.45, 2.75) is 69.0 Å². The second-order valence-electron chi connectivity index (χ2n) is 10.9. The van der Waals surface area contributed by atoms with E-state index in [-0.39, 0.29) is 29.5 Å². The summed E-state index contributed by atoms with van der Waals surface area (Å²) in [6.07, 6.45) is 2.17. The molecule has 1 atom stereocenters. The van der Waals surface area contributed by atoms with E-state index in [0.29, 0.717) is 17.9 Å². The number of carbonyl (C=O) groups excluding carboxylic acids is 2. The van der Waals surface area contributed by atoms with Crippen LogP contribution in [0.25, 0.3) is 0 Å². The SMILES string of the molecule is CCOc1ccc(N(CC(=O)N(Cc2ccc(F)cc2)C(CC)C(=O)NC(C)(C)C)S(=O)(=O)c2ccc(SC)cc2)cc1. The molecular formula is C32H40FN3O5S2. The lowest BCUT2D eigenvalue weighted by atomic mass is 10.1. The second-order valence-corrected chi connectivity index (χ2v) is 13.7. The summed E-state index contributed by atoms with van der Waals surface area (Å²) in [4.78, 5) is 29.8. The standard InChI is InChI=1S/C32H40FN3O5S2/c1-7-29(31(38)34-32(3,4)5)35(21-23-9-11-24(33)12-10-23)30(37)22-36(25-13-15-26(16-14-25)41-8-2)43(39,40)28-19-17-27(42-6)18-20-28/h9-20,29H,7-8,21-22H2,1-6H3,(H,34,38). The van der Waals surface area contributed by atoms with Crippen LogP contribution in [0.5, 0.6) is 5.75 Å². The molecule has 0 aliphatic rings. The minimum Gasteiger partial charge on any atom is -0.494 e. The maximum atomic E-state index is 14.2. The Labute approximate surface area is 258 Å². The van der Waals surface area contributed by atoms with E-state index in [2.05, 4.69) is 5.32 Å². The van der Waals surface area contributed by atoms with Gasteiger partial charge in [0.2, 0.25) is 11.8 Å². The molecule has 1 unspecified atom stereocenters. The van der Waals surface area contributed by atoms with Crippen LogP contribution < -0.4 is 14.4 Å². The molecule has 2 amide bonds. The minimum absolute atomic E-state index is 0.0191. The first-order chi connectivity index (χ1) is 20.3. The van der Waals surface area contributed by atoms with Crippen molar-refractivity contribution in [2.24, 2.45) is 0 Å². The fraction of sp³-hybridized carbons (Fsp3) is 0.375. The number of rotatable bonds is 13. The van der Waals surface area contributed by atoms with Crippen LogP contribution >= 0.6 is 11.8 Å². The van der Waals surface area contributed by atoms with Gasteiger partial charge in [-0.05, 0) is 107 Å². The highest BCUT2D eigenvalue weighted by atomic mass is 32.2. The summed E-state index contributed by atoms with van der Waals surface area (Å²) in [6, 6.07) is 17.6. The molecule has 0 saturated heterocycles. The molecule has 0 spiro atoms. The number of halogens is 1. The smallest absolute Gasteiger partial charge is 0.264 e. The number of thioether (sulfide) groups is 1. The van der Waals surface area contributed by atoms with Crippen molar-refractivity contribution < 1.29 is 27.1 Å². The van der Waals surface area contributed by atoms with E-state index in [9.17, 15) is 22.4 Å². The van der Waals surface area contributed by atoms with Crippen molar-refractivity contribution in [1.82, 2.24) is 10.2 Å². The van der Waals surface area contributed by atoms with E-state index in [0.717, 1.165) is 9.20 Å². The van der Waals surface area contributed by atoms with Gasteiger partial charge < -0.3 is 15.0 Å². The van der Waals surface area contributed by atoms with Crippen LogP contribution in [0.2, 0.25) is 0 Å². The van der Waals surface area contributed by atoms with Crippen molar-refractivity contribution in [1.29, 1.82) is 0 Å². The third kappa shape index (κ3) is 9.21. The van der Waals surface area contributed by atoms with E-state index < -0.39 is 39.9 Å². The van der Waals surface area contributed by atoms with Crippen LogP contribution in [0.4, 0.5) is 10.1 Å². The highest BCUT2D eigenvalue weighted by Gasteiger charge is 2.34. The van der Waals surface area contributed by atoms with Gasteiger partial charge in [0.1, 0.15) is 24.2 Å². The molecule has 43 heavy (non-hydrogen) atoms. The molecule has 0 saturated carbocycles. The summed E-state index contributed by atoms with van der Waals surface area (Å²) in [5.74, 6) is -0.825. The van der Waals surface area contributed by atoms with E-state index in [4.69, 9.17) is 4.74 Å². The Morgan fingerprint density at radius 2 is 1.56 bits per heavy atom. The van der Waals surface area contributed by atoms with Crippen molar-refractivity contribution in [3.05, 3.63) is 84.2 Å². The Bertz CT molecular complexity index is 1470. The molecule has 3 rings (SSSR count). The zero-order valence-corrected chi connectivity index (χ0v) is 27.1. The molecule has 11 heteroatoms. The normalized spacial score (nSPS) is 12.3. The molecule has 8 nitrogen and oxygen atoms in total. The molecule has 232 valence electrons. The van der Waals surface area contributed by atoms with Gasteiger partial charge >= 0.3 is 0 Å². The molecule has 3 aromatic carbocycles. The number of amides is 2. The summed E-state index contributed by atoms with van der Waals surface area (Å²) >= 11 is 1.48. The Hall–Kier alpha value is -3.57. The van der Waals surface area contributed by atoms with Crippen LogP contribution in [-0.4, -0.2) is 56.1 Å². The quantitative estimate of drug-likeness (QED) is 0.238. The number of nitrogens with zero attached hydrogens (tertiary/aromatic N) is 2. The highest BCUT2D eigenvalue weighted by Crippen LogP contribution is 2.28. The van der Waals surface area contributed by atoms with Crippen molar-refractivity contribution in [3.8, 4) is 5.75 Å². The lowest BCUT2D eigenvalue weighted by Crippen LogP contribution is -2.55. The monoisotopic (exact) mass is 629 g/mol. The molecule has 0 radical (unpaired) electrons. The van der Waals surface area contributed by atoms with Gasteiger partial charge in [-0.2, -0.15) is 0 Å². The average Bonchev–Trinajstić information content (AvgIpc) is 2.96. The zero-order chi connectivity index (χ0) is 31.8. The molecule has 0 aliphatic carbocycles. The molecule has 0 aromatic heterocycles. The second kappa shape index (κ2) is 14.7. The lowest BCUT2D eigenvalue weighted by molar-refractivity contribution is -0.141. The van der Waals surface area contributed by atoms with Gasteiger partial charge in [-0.1, -0.05) is 19.1 Å². The lowest BCUT2D eigenvalue weighted by Gasteiger charge is -2.34. The van der Waals surface area contributed by atoms with Gasteiger partial charge in [-0.15, -0.1) is 11.8 Å². The average molecular weight is 630 g/mol. The number of carbonyl (C=O) groups is 2. The van der Waals surface area contributed by atoms with Gasteiger partial charge in [-0.25, -0.2) is 12.8 Å². The maximum absolute atomic E-state index is 14.2. The largest absolute Gasteiger partial charge is 0.494 e. The summed E-state index contributed by atoms with van der Waals surface area (Å²) in [5, 5.41) is 2.93. The third-order valence-electron chi connectivity index (χ3n) is 6.51. The van der Waals surface area contributed by atoms with Crippen LogP contribution in [0.3, 0.4) is 0 Å². The minimum atomic E-state index is -4.21. The van der Waals surface area contributed by atoms with Crippen LogP contribution in [0.1, 0.15) is 46.6 Å². The van der Waals surface area contributed by atoms with Crippen molar-refractivity contribution >= 4 is 39.3 Å². The maximum Gasteiger partial charge on any atom is 0.264 e. The number of nitrogens with one attached hydrogen (secondary N) is 1. The fourth-order valence-electron chi connectivity index (χ4n) is 4.44. The molecule has 0 aliphatic heterocycles. The topological polar surface area (TPSA) is 96.0 Å². The third-order valence-corrected chi connectivity index (χ3v) is 9.04. The van der Waals surface area contributed by atoms with Crippen molar-refractivity contribution in [2.75, 3.05) is 23.7 Å². The van der Waals surface area contributed by atoms with E-state index >= 15 is 0 Å². The first kappa shape index (κ1) is 33.9. The Morgan fingerprint density at radius 3 is 2.07 bits per heavy atom.